The van der Waals surface area contributed by atoms with Crippen molar-refractivity contribution in [1.82, 2.24) is 4.98 Å². The molecule has 0 spiro atoms. The number of hydrogen-bond acceptors (Lipinski definition) is 3. The molecule has 0 bridgehead atoms. The van der Waals surface area contributed by atoms with E-state index < -0.39 is 11.9 Å². The van der Waals surface area contributed by atoms with E-state index in [1.54, 1.807) is 0 Å². The Hall–Kier alpha value is -2.40. The van der Waals surface area contributed by atoms with Crippen LogP contribution in [0, 0.1) is 41.4 Å². The smallest absolute Gasteiger partial charge is 0.309 e. The molecular formula is C33H47NO4. The van der Waals surface area contributed by atoms with Crippen LogP contribution >= 0.6 is 0 Å². The maximum atomic E-state index is 13.8. The summed E-state index contributed by atoms with van der Waals surface area (Å²) in [5.74, 6) is 0.904. The number of H-pyrrole nitrogens is 1. The fourth-order valence-electron chi connectivity index (χ4n) is 7.53. The number of aromatic amines is 1. The first-order valence-electron chi connectivity index (χ1n) is 14.9. The van der Waals surface area contributed by atoms with Crippen LogP contribution in [0.2, 0.25) is 0 Å². The molecule has 4 rings (SSSR count). The summed E-state index contributed by atoms with van der Waals surface area (Å²) in [7, 11) is 0. The molecule has 5 heteroatoms. The van der Waals surface area contributed by atoms with Crippen molar-refractivity contribution in [3.8, 4) is 0 Å². The number of carbonyl (C=O) groups is 2. The summed E-state index contributed by atoms with van der Waals surface area (Å²) in [6.07, 6.45) is 17.4. The zero-order valence-electron chi connectivity index (χ0n) is 23.9. The number of fused-ring (bicyclic) bond motifs is 1. The molecule has 1 aromatic rings. The first-order valence-corrected chi connectivity index (χ1v) is 14.9. The van der Waals surface area contributed by atoms with Gasteiger partial charge in [-0.2, -0.15) is 0 Å². The van der Waals surface area contributed by atoms with E-state index in [0.29, 0.717) is 35.8 Å². The van der Waals surface area contributed by atoms with Gasteiger partial charge < -0.3 is 14.8 Å². The number of carbonyl (C=O) groups excluding carboxylic acids is 1. The Balaban J connectivity index is 1.60. The molecule has 1 aromatic heterocycles. The van der Waals surface area contributed by atoms with E-state index >= 15 is 0 Å². The number of carboxylic acids is 1. The molecule has 3 aliphatic rings. The third kappa shape index (κ3) is 5.93. The number of carboxylic acid groups (broad SMARTS) is 1. The van der Waals surface area contributed by atoms with Crippen LogP contribution in [-0.4, -0.2) is 34.1 Å². The van der Waals surface area contributed by atoms with Gasteiger partial charge in [0.05, 0.1) is 23.8 Å². The Kier molecular flexibility index (Phi) is 9.51. The van der Waals surface area contributed by atoms with Crippen LogP contribution in [0.15, 0.2) is 53.8 Å². The lowest BCUT2D eigenvalue weighted by Crippen LogP contribution is -2.41. The number of allylic oxidation sites excluding steroid dienone is 5. The third-order valence-corrected chi connectivity index (χ3v) is 9.62. The summed E-state index contributed by atoms with van der Waals surface area (Å²) in [5.41, 5.74) is 3.07. The first-order chi connectivity index (χ1) is 18.3. The predicted octanol–water partition coefficient (Wildman–Crippen LogP) is 7.63. The van der Waals surface area contributed by atoms with Gasteiger partial charge in [0.25, 0.3) is 0 Å². The highest BCUT2D eigenvalue weighted by molar-refractivity contribution is 5.97. The van der Waals surface area contributed by atoms with E-state index in [-0.39, 0.29) is 29.8 Å². The molecule has 0 radical (unpaired) electrons. The molecule has 208 valence electrons. The van der Waals surface area contributed by atoms with Gasteiger partial charge in [0, 0.05) is 18.0 Å². The lowest BCUT2D eigenvalue weighted by Gasteiger charge is -2.38. The van der Waals surface area contributed by atoms with Crippen molar-refractivity contribution in [2.75, 3.05) is 0 Å². The van der Waals surface area contributed by atoms with Crippen molar-refractivity contribution in [1.29, 1.82) is 0 Å². The summed E-state index contributed by atoms with van der Waals surface area (Å²) in [6, 6.07) is 3.81. The minimum Gasteiger partial charge on any atom is -0.481 e. The molecule has 1 unspecified atom stereocenters. The fourth-order valence-corrected chi connectivity index (χ4v) is 7.53. The lowest BCUT2D eigenvalue weighted by atomic mass is 9.67. The molecular weight excluding hydrogens is 474 g/mol. The molecule has 1 saturated carbocycles. The van der Waals surface area contributed by atoms with Gasteiger partial charge in [-0.1, -0.05) is 64.0 Å². The molecule has 1 aliphatic heterocycles. The summed E-state index contributed by atoms with van der Waals surface area (Å²) in [5, 5.41) is 9.70. The maximum Gasteiger partial charge on any atom is 0.309 e. The molecule has 1 saturated heterocycles. The number of aliphatic carboxylic acids is 1. The SMILES string of the molecule is CC/C(=C\C(C)=C\[C@@H]1C=C[C@@H]2[C@@H](CC)CC[C@H]2C1C(=O)c1ccc[nH]1)[C@@H]1O[C@@H]([C@@H](CC)C(=O)O)CC[C@@H]1C. The second-order valence-electron chi connectivity index (χ2n) is 11.9. The van der Waals surface area contributed by atoms with Crippen LogP contribution in [0.25, 0.3) is 0 Å². The van der Waals surface area contributed by atoms with Crippen LogP contribution in [0.3, 0.4) is 0 Å². The molecule has 9 atom stereocenters. The predicted molar refractivity (Wildman–Crippen MR) is 152 cm³/mol. The topological polar surface area (TPSA) is 79.4 Å². The molecule has 38 heavy (non-hydrogen) atoms. The van der Waals surface area contributed by atoms with E-state index in [1.807, 2.05) is 25.3 Å². The van der Waals surface area contributed by atoms with Gasteiger partial charge in [-0.05, 0) is 86.8 Å². The normalized spacial score (nSPS) is 34.7. The second kappa shape index (κ2) is 12.6. The summed E-state index contributed by atoms with van der Waals surface area (Å²) in [4.78, 5) is 28.7. The van der Waals surface area contributed by atoms with Crippen molar-refractivity contribution >= 4 is 11.8 Å². The van der Waals surface area contributed by atoms with E-state index in [0.717, 1.165) is 31.3 Å². The van der Waals surface area contributed by atoms with Crippen molar-refractivity contribution in [2.24, 2.45) is 41.4 Å². The molecule has 0 aromatic carbocycles. The number of Topliss-reactive ketones (excluding diaryl/α,β-unsaturated/α-hetero) is 1. The van der Waals surface area contributed by atoms with Crippen LogP contribution in [-0.2, 0) is 9.53 Å². The molecule has 0 amide bonds. The van der Waals surface area contributed by atoms with Gasteiger partial charge in [-0.15, -0.1) is 0 Å². The van der Waals surface area contributed by atoms with E-state index in [4.69, 9.17) is 4.74 Å². The van der Waals surface area contributed by atoms with E-state index in [1.165, 1.54) is 18.4 Å². The fraction of sp³-hybridized carbons (Fsp3) is 0.636. The second-order valence-corrected chi connectivity index (χ2v) is 11.9. The van der Waals surface area contributed by atoms with Crippen molar-refractivity contribution < 1.29 is 19.4 Å². The highest BCUT2D eigenvalue weighted by Gasteiger charge is 2.46. The number of nitrogens with one attached hydrogen (secondary N) is 1. The van der Waals surface area contributed by atoms with Gasteiger partial charge in [0.1, 0.15) is 0 Å². The minimum absolute atomic E-state index is 0.0521. The number of aromatic nitrogens is 1. The maximum absolute atomic E-state index is 13.8. The average molecular weight is 522 g/mol. The van der Waals surface area contributed by atoms with Crippen LogP contribution in [0.5, 0.6) is 0 Å². The van der Waals surface area contributed by atoms with Crippen molar-refractivity contribution in [3.05, 3.63) is 59.5 Å². The Bertz CT molecular complexity index is 1050. The molecule has 5 nitrogen and oxygen atoms in total. The summed E-state index contributed by atoms with van der Waals surface area (Å²) >= 11 is 0. The Morgan fingerprint density at radius 1 is 1.16 bits per heavy atom. The Labute approximate surface area is 228 Å². The van der Waals surface area contributed by atoms with Gasteiger partial charge in [0.2, 0.25) is 0 Å². The molecule has 2 aliphatic carbocycles. The number of rotatable bonds is 10. The quantitative estimate of drug-likeness (QED) is 0.188. The van der Waals surface area contributed by atoms with Crippen LogP contribution < -0.4 is 0 Å². The molecule has 2 N–H and O–H groups in total. The number of hydrogen-bond donors (Lipinski definition) is 2. The number of ether oxygens (including phenoxy) is 1. The van der Waals surface area contributed by atoms with Gasteiger partial charge in [0.15, 0.2) is 5.78 Å². The highest BCUT2D eigenvalue weighted by Crippen LogP contribution is 2.50. The monoisotopic (exact) mass is 521 g/mol. The van der Waals surface area contributed by atoms with Gasteiger partial charge >= 0.3 is 5.97 Å². The van der Waals surface area contributed by atoms with Crippen molar-refractivity contribution in [3.63, 3.8) is 0 Å². The standard InChI is InChI=1S/C33H47NO4/c1-6-22-12-15-27-26(22)14-13-24(30(27)31(35)28-10-9-17-34-28)19-20(4)18-23(7-2)32-21(5)11-16-29(38-32)25(8-3)33(36)37/h9-10,13-14,17-19,21-22,24-27,29-30,32,34H,6-8,11-12,15-16H2,1-5H3,(H,36,37)/b20-19+,23-18+/t21-,22-,24-,25+,26+,27+,29+,30?,32+/m0/s1. The van der Waals surface area contributed by atoms with E-state index in [2.05, 4.69) is 57.0 Å². The Morgan fingerprint density at radius 2 is 1.95 bits per heavy atom. The van der Waals surface area contributed by atoms with Crippen LogP contribution in [0.4, 0.5) is 0 Å². The minimum atomic E-state index is -0.763. The summed E-state index contributed by atoms with van der Waals surface area (Å²) < 4.78 is 6.50. The zero-order chi connectivity index (χ0) is 27.4. The van der Waals surface area contributed by atoms with Crippen LogP contribution in [0.1, 0.15) is 90.1 Å². The third-order valence-electron chi connectivity index (χ3n) is 9.62. The first kappa shape index (κ1) is 28.6. The lowest BCUT2D eigenvalue weighted by molar-refractivity contribution is -0.154. The van der Waals surface area contributed by atoms with Gasteiger partial charge in [-0.3, -0.25) is 9.59 Å². The zero-order valence-corrected chi connectivity index (χ0v) is 23.9. The Morgan fingerprint density at radius 3 is 2.58 bits per heavy atom. The van der Waals surface area contributed by atoms with Crippen molar-refractivity contribution in [2.45, 2.75) is 91.8 Å². The summed E-state index contributed by atoms with van der Waals surface area (Å²) in [6.45, 7) is 10.7. The average Bonchev–Trinajstić information content (AvgIpc) is 3.58. The van der Waals surface area contributed by atoms with Gasteiger partial charge in [-0.25, -0.2) is 0 Å². The highest BCUT2D eigenvalue weighted by atomic mass is 16.5. The largest absolute Gasteiger partial charge is 0.481 e. The number of ketones is 1. The molecule has 2 fully saturated rings. The molecule has 2 heterocycles. The van der Waals surface area contributed by atoms with E-state index in [9.17, 15) is 14.7 Å².